The number of rotatable bonds is 2. The molecular weight excluding hydrogens is 272 g/mol. The van der Waals surface area contributed by atoms with Crippen LogP contribution in [0.1, 0.15) is 48.9 Å². The Kier molecular flexibility index (Phi) is 2.85. The summed E-state index contributed by atoms with van der Waals surface area (Å²) in [4.78, 5) is 12.4. The summed E-state index contributed by atoms with van der Waals surface area (Å²) in [5.41, 5.74) is 0.112. The van der Waals surface area contributed by atoms with E-state index in [9.17, 15) is 13.6 Å². The SMILES string of the molecule is O=C(NC12CC3CC(CC(C3)C1)C2)c1ccc(F)c(F)c1. The molecule has 0 heterocycles. The van der Waals surface area contributed by atoms with Crippen molar-refractivity contribution in [3.05, 3.63) is 35.4 Å². The molecule has 0 spiro atoms. The normalized spacial score (nSPS) is 36.8. The zero-order valence-electron chi connectivity index (χ0n) is 11.9. The second-order valence-corrected chi connectivity index (χ2v) is 7.28. The monoisotopic (exact) mass is 291 g/mol. The molecule has 21 heavy (non-hydrogen) atoms. The van der Waals surface area contributed by atoms with Crippen LogP contribution in [0.3, 0.4) is 0 Å². The second-order valence-electron chi connectivity index (χ2n) is 7.28. The van der Waals surface area contributed by atoms with Crippen LogP contribution in [0, 0.1) is 29.4 Å². The van der Waals surface area contributed by atoms with E-state index < -0.39 is 11.6 Å². The van der Waals surface area contributed by atoms with Gasteiger partial charge in [0.1, 0.15) is 0 Å². The van der Waals surface area contributed by atoms with Crippen molar-refractivity contribution >= 4 is 5.91 Å². The highest BCUT2D eigenvalue weighted by Crippen LogP contribution is 2.55. The third-order valence-electron chi connectivity index (χ3n) is 5.60. The first kappa shape index (κ1) is 13.2. The second kappa shape index (κ2) is 4.52. The molecule has 0 unspecified atom stereocenters. The minimum absolute atomic E-state index is 0.101. The summed E-state index contributed by atoms with van der Waals surface area (Å²) in [6, 6.07) is 3.36. The van der Waals surface area contributed by atoms with Gasteiger partial charge in [-0.25, -0.2) is 8.78 Å². The molecule has 112 valence electrons. The highest BCUT2D eigenvalue weighted by atomic mass is 19.2. The van der Waals surface area contributed by atoms with Crippen molar-refractivity contribution in [3.63, 3.8) is 0 Å². The molecule has 2 nitrogen and oxygen atoms in total. The Bertz CT molecular complexity index is 563. The van der Waals surface area contributed by atoms with Crippen molar-refractivity contribution in [1.29, 1.82) is 0 Å². The van der Waals surface area contributed by atoms with Gasteiger partial charge in [0.25, 0.3) is 5.91 Å². The summed E-state index contributed by atoms with van der Waals surface area (Å²) in [6.45, 7) is 0. The van der Waals surface area contributed by atoms with E-state index >= 15 is 0 Å². The van der Waals surface area contributed by atoms with Gasteiger partial charge in [0.05, 0.1) is 0 Å². The number of amides is 1. The number of nitrogens with one attached hydrogen (secondary N) is 1. The molecule has 0 aliphatic heterocycles. The van der Waals surface area contributed by atoms with Crippen LogP contribution in [0.5, 0.6) is 0 Å². The van der Waals surface area contributed by atoms with E-state index in [0.717, 1.165) is 49.1 Å². The molecule has 1 aromatic rings. The first-order chi connectivity index (χ1) is 10.0. The van der Waals surface area contributed by atoms with Gasteiger partial charge in [0.15, 0.2) is 11.6 Å². The van der Waals surface area contributed by atoms with Crippen molar-refractivity contribution in [2.24, 2.45) is 17.8 Å². The highest BCUT2D eigenvalue weighted by Gasteiger charge is 2.51. The van der Waals surface area contributed by atoms with Gasteiger partial charge >= 0.3 is 0 Å². The molecule has 5 rings (SSSR count). The molecule has 0 aromatic heterocycles. The lowest BCUT2D eigenvalue weighted by molar-refractivity contribution is -0.0167. The first-order valence-electron chi connectivity index (χ1n) is 7.81. The van der Waals surface area contributed by atoms with Gasteiger partial charge in [-0.1, -0.05) is 0 Å². The maximum atomic E-state index is 13.3. The lowest BCUT2D eigenvalue weighted by atomic mass is 9.53. The lowest BCUT2D eigenvalue weighted by Crippen LogP contribution is -2.59. The van der Waals surface area contributed by atoms with Gasteiger partial charge in [-0.3, -0.25) is 4.79 Å². The van der Waals surface area contributed by atoms with Crippen LogP contribution in [-0.4, -0.2) is 11.4 Å². The zero-order chi connectivity index (χ0) is 14.6. The first-order valence-corrected chi connectivity index (χ1v) is 7.81. The van der Waals surface area contributed by atoms with Gasteiger partial charge in [-0.05, 0) is 74.5 Å². The van der Waals surface area contributed by atoms with Crippen molar-refractivity contribution in [2.45, 2.75) is 44.1 Å². The topological polar surface area (TPSA) is 29.1 Å². The summed E-state index contributed by atoms with van der Waals surface area (Å²) in [7, 11) is 0. The molecule has 4 aliphatic carbocycles. The fourth-order valence-electron chi connectivity index (χ4n) is 5.21. The van der Waals surface area contributed by atoms with E-state index in [0.29, 0.717) is 0 Å². The van der Waals surface area contributed by atoms with Crippen LogP contribution in [0.25, 0.3) is 0 Å². The summed E-state index contributed by atoms with van der Waals surface area (Å²) >= 11 is 0. The Balaban J connectivity index is 1.55. The fraction of sp³-hybridized carbons (Fsp3) is 0.588. The largest absolute Gasteiger partial charge is 0.347 e. The minimum Gasteiger partial charge on any atom is -0.347 e. The molecule has 4 fully saturated rings. The molecule has 0 atom stereocenters. The lowest BCUT2D eigenvalue weighted by Gasteiger charge is -2.56. The van der Waals surface area contributed by atoms with Gasteiger partial charge in [0, 0.05) is 11.1 Å². The van der Waals surface area contributed by atoms with Crippen LogP contribution in [0.4, 0.5) is 8.78 Å². The van der Waals surface area contributed by atoms with Crippen LogP contribution in [0.15, 0.2) is 18.2 Å². The highest BCUT2D eigenvalue weighted by molar-refractivity contribution is 5.94. The fourth-order valence-corrected chi connectivity index (χ4v) is 5.21. The molecule has 1 aromatic carbocycles. The van der Waals surface area contributed by atoms with E-state index in [1.165, 1.54) is 25.3 Å². The average Bonchev–Trinajstić information content (AvgIpc) is 2.39. The van der Waals surface area contributed by atoms with Crippen molar-refractivity contribution < 1.29 is 13.6 Å². The van der Waals surface area contributed by atoms with Crippen molar-refractivity contribution in [1.82, 2.24) is 5.32 Å². The summed E-state index contributed by atoms with van der Waals surface area (Å²) in [5.74, 6) is 0.0647. The van der Waals surface area contributed by atoms with Gasteiger partial charge in [-0.2, -0.15) is 0 Å². The van der Waals surface area contributed by atoms with E-state index in [1.807, 2.05) is 0 Å². The van der Waals surface area contributed by atoms with Crippen LogP contribution in [-0.2, 0) is 0 Å². The molecule has 1 N–H and O–H groups in total. The van der Waals surface area contributed by atoms with Crippen LogP contribution in [0.2, 0.25) is 0 Å². The quantitative estimate of drug-likeness (QED) is 0.885. The minimum atomic E-state index is -0.965. The molecule has 1 amide bonds. The number of hydrogen-bond donors (Lipinski definition) is 1. The molecule has 4 bridgehead atoms. The van der Waals surface area contributed by atoms with Gasteiger partial charge in [0.2, 0.25) is 0 Å². The predicted octanol–water partition coefficient (Wildman–Crippen LogP) is 3.66. The smallest absolute Gasteiger partial charge is 0.251 e. The van der Waals surface area contributed by atoms with Gasteiger partial charge < -0.3 is 5.32 Å². The number of hydrogen-bond acceptors (Lipinski definition) is 1. The molecule has 4 aliphatic rings. The number of halogens is 2. The third-order valence-corrected chi connectivity index (χ3v) is 5.60. The number of carbonyl (C=O) groups excluding carboxylic acids is 1. The number of carbonyl (C=O) groups is 1. The predicted molar refractivity (Wildman–Crippen MR) is 74.7 cm³/mol. The maximum Gasteiger partial charge on any atom is 0.251 e. The summed E-state index contributed by atoms with van der Waals surface area (Å²) in [6.07, 6.45) is 7.07. The molecule has 0 saturated heterocycles. The number of benzene rings is 1. The third kappa shape index (κ3) is 2.25. The zero-order valence-corrected chi connectivity index (χ0v) is 11.9. The van der Waals surface area contributed by atoms with E-state index in [4.69, 9.17) is 0 Å². The Labute approximate surface area is 122 Å². The molecule has 4 heteroatoms. The Morgan fingerprint density at radius 3 is 2.10 bits per heavy atom. The Morgan fingerprint density at radius 1 is 1.00 bits per heavy atom. The van der Waals surface area contributed by atoms with Crippen molar-refractivity contribution in [3.8, 4) is 0 Å². The summed E-state index contributed by atoms with van der Waals surface area (Å²) < 4.78 is 26.3. The maximum absolute atomic E-state index is 13.3. The average molecular weight is 291 g/mol. The Hall–Kier alpha value is -1.45. The Morgan fingerprint density at radius 2 is 1.57 bits per heavy atom. The van der Waals surface area contributed by atoms with Gasteiger partial charge in [-0.15, -0.1) is 0 Å². The summed E-state index contributed by atoms with van der Waals surface area (Å²) in [5, 5.41) is 3.16. The van der Waals surface area contributed by atoms with Crippen LogP contribution >= 0.6 is 0 Å². The van der Waals surface area contributed by atoms with E-state index in [2.05, 4.69) is 5.32 Å². The van der Waals surface area contributed by atoms with Crippen LogP contribution < -0.4 is 5.32 Å². The van der Waals surface area contributed by atoms with Crippen molar-refractivity contribution in [2.75, 3.05) is 0 Å². The standard InChI is InChI=1S/C17H19F2NO/c18-14-2-1-13(6-15(14)19)16(21)20-17-7-10-3-11(8-17)5-12(4-10)9-17/h1-2,6,10-12H,3-5,7-9H2,(H,20,21). The van der Waals surface area contributed by atoms with E-state index in [1.54, 1.807) is 0 Å². The molecular formula is C17H19F2NO. The van der Waals surface area contributed by atoms with E-state index in [-0.39, 0.29) is 17.0 Å². The molecule has 0 radical (unpaired) electrons. The molecule has 4 saturated carbocycles.